The molecule has 1 heterocycles. The number of aromatic nitrogens is 1. The van der Waals surface area contributed by atoms with Gasteiger partial charge in [0.15, 0.2) is 0 Å². The van der Waals surface area contributed by atoms with Crippen LogP contribution < -0.4 is 5.32 Å². The van der Waals surface area contributed by atoms with E-state index >= 15 is 0 Å². The maximum atomic E-state index is 12.3. The minimum Gasteiger partial charge on any atom is -0.383 e. The number of carbonyl (C=O) groups is 1. The second-order valence-electron chi connectivity index (χ2n) is 3.65. The molecule has 0 aromatic carbocycles. The summed E-state index contributed by atoms with van der Waals surface area (Å²) < 4.78 is 4.98. The number of carbonyl (C=O) groups excluding carboxylic acids is 1. The van der Waals surface area contributed by atoms with Crippen molar-refractivity contribution in [2.45, 2.75) is 6.92 Å². The Balaban J connectivity index is 2.93. The van der Waals surface area contributed by atoms with Crippen molar-refractivity contribution in [1.29, 1.82) is 0 Å². The zero-order valence-corrected chi connectivity index (χ0v) is 11.6. The van der Waals surface area contributed by atoms with Gasteiger partial charge in [-0.15, -0.1) is 0 Å². The van der Waals surface area contributed by atoms with Crippen LogP contribution in [0.2, 0.25) is 5.02 Å². The molecule has 0 fully saturated rings. The van der Waals surface area contributed by atoms with Crippen LogP contribution >= 0.6 is 11.6 Å². The van der Waals surface area contributed by atoms with Crippen LogP contribution in [0.1, 0.15) is 17.4 Å². The van der Waals surface area contributed by atoms with Crippen LogP contribution in [0.25, 0.3) is 0 Å². The smallest absolute Gasteiger partial charge is 0.274 e. The molecular formula is C12H18ClN3O2. The van der Waals surface area contributed by atoms with Crippen molar-refractivity contribution < 1.29 is 9.53 Å². The summed E-state index contributed by atoms with van der Waals surface area (Å²) in [5, 5.41) is 3.24. The van der Waals surface area contributed by atoms with Crippen molar-refractivity contribution in [3.05, 3.63) is 22.8 Å². The summed E-state index contributed by atoms with van der Waals surface area (Å²) in [6, 6.07) is 3.39. The van der Waals surface area contributed by atoms with Gasteiger partial charge < -0.3 is 15.0 Å². The number of nitrogens with one attached hydrogen (secondary N) is 1. The molecule has 1 N–H and O–H groups in total. The third-order valence-electron chi connectivity index (χ3n) is 2.54. The van der Waals surface area contributed by atoms with E-state index in [1.807, 2.05) is 6.92 Å². The monoisotopic (exact) mass is 271 g/mol. The number of pyridine rings is 1. The maximum absolute atomic E-state index is 12.3. The molecule has 0 saturated heterocycles. The number of nitrogens with zero attached hydrogens (tertiary/aromatic N) is 2. The molecule has 1 aromatic heterocycles. The zero-order valence-electron chi connectivity index (χ0n) is 10.9. The lowest BCUT2D eigenvalue weighted by atomic mass is 10.3. The van der Waals surface area contributed by atoms with E-state index in [2.05, 4.69) is 10.3 Å². The van der Waals surface area contributed by atoms with Crippen LogP contribution in [0, 0.1) is 0 Å². The first-order valence-electron chi connectivity index (χ1n) is 5.76. The predicted octanol–water partition coefficient (Wildman–Crippen LogP) is 1.89. The molecule has 18 heavy (non-hydrogen) atoms. The molecule has 0 saturated carbocycles. The Bertz CT molecular complexity index is 412. The van der Waals surface area contributed by atoms with Crippen molar-refractivity contribution in [3.8, 4) is 0 Å². The predicted molar refractivity (Wildman–Crippen MR) is 72.2 cm³/mol. The van der Waals surface area contributed by atoms with Crippen LogP contribution in [0.3, 0.4) is 0 Å². The molecule has 100 valence electrons. The second-order valence-corrected chi connectivity index (χ2v) is 4.06. The van der Waals surface area contributed by atoms with Gasteiger partial charge in [-0.1, -0.05) is 11.6 Å². The minimum atomic E-state index is -0.184. The molecule has 5 nitrogen and oxygen atoms in total. The molecule has 0 radical (unpaired) electrons. The van der Waals surface area contributed by atoms with Gasteiger partial charge in [-0.3, -0.25) is 4.79 Å². The van der Waals surface area contributed by atoms with Gasteiger partial charge in [-0.05, 0) is 19.1 Å². The van der Waals surface area contributed by atoms with Crippen LogP contribution in [0.5, 0.6) is 0 Å². The topological polar surface area (TPSA) is 54.5 Å². The summed E-state index contributed by atoms with van der Waals surface area (Å²) in [7, 11) is 3.35. The van der Waals surface area contributed by atoms with E-state index in [4.69, 9.17) is 16.3 Å². The fraction of sp³-hybridized carbons (Fsp3) is 0.500. The number of ether oxygens (including phenoxy) is 1. The molecule has 1 rings (SSSR count). The van der Waals surface area contributed by atoms with E-state index in [9.17, 15) is 4.79 Å². The molecule has 0 aliphatic heterocycles. The van der Waals surface area contributed by atoms with E-state index in [1.54, 1.807) is 31.2 Å². The summed E-state index contributed by atoms with van der Waals surface area (Å²) in [6.45, 7) is 3.50. The highest BCUT2D eigenvalue weighted by atomic mass is 35.5. The van der Waals surface area contributed by atoms with Crippen LogP contribution in [0.15, 0.2) is 12.1 Å². The van der Waals surface area contributed by atoms with E-state index < -0.39 is 0 Å². The van der Waals surface area contributed by atoms with Crippen molar-refractivity contribution >= 4 is 23.3 Å². The number of methoxy groups -OCH3 is 1. The first-order valence-corrected chi connectivity index (χ1v) is 6.14. The molecule has 0 aliphatic carbocycles. The molecule has 1 aromatic rings. The fourth-order valence-corrected chi connectivity index (χ4v) is 1.67. The number of hydrogen-bond acceptors (Lipinski definition) is 4. The van der Waals surface area contributed by atoms with Crippen molar-refractivity contribution in [3.63, 3.8) is 0 Å². The van der Waals surface area contributed by atoms with Crippen molar-refractivity contribution in [2.75, 3.05) is 39.2 Å². The first kappa shape index (κ1) is 14.7. The molecule has 0 aliphatic rings. The lowest BCUT2D eigenvalue weighted by Gasteiger charge is -2.20. The Kier molecular flexibility index (Phi) is 5.88. The second kappa shape index (κ2) is 7.18. The Hall–Kier alpha value is -1.33. The third-order valence-corrected chi connectivity index (χ3v) is 2.84. The van der Waals surface area contributed by atoms with E-state index in [0.29, 0.717) is 30.5 Å². The largest absolute Gasteiger partial charge is 0.383 e. The van der Waals surface area contributed by atoms with Gasteiger partial charge in [-0.2, -0.15) is 0 Å². The molecule has 0 bridgehead atoms. The summed E-state index contributed by atoms with van der Waals surface area (Å²) in [4.78, 5) is 18.1. The first-order chi connectivity index (χ1) is 8.63. The van der Waals surface area contributed by atoms with Gasteiger partial charge in [0, 0.05) is 27.2 Å². The van der Waals surface area contributed by atoms with Gasteiger partial charge in [0.1, 0.15) is 11.5 Å². The standard InChI is InChI=1S/C12H18ClN3O2/c1-4-16(7-8-18-3)12(17)11-9(13)5-6-10(14-2)15-11/h5-6H,4,7-8H2,1-3H3,(H,14,15). The Morgan fingerprint density at radius 2 is 2.28 bits per heavy atom. The van der Waals surface area contributed by atoms with E-state index in [-0.39, 0.29) is 11.6 Å². The number of amides is 1. The molecule has 1 amide bonds. The Labute approximate surface area is 112 Å². The molecule has 0 atom stereocenters. The van der Waals surface area contributed by atoms with Crippen LogP contribution in [-0.2, 0) is 4.74 Å². The number of hydrogen-bond donors (Lipinski definition) is 1. The highest BCUT2D eigenvalue weighted by molar-refractivity contribution is 6.33. The number of likely N-dealkylation sites (N-methyl/N-ethyl adjacent to an activating group) is 1. The van der Waals surface area contributed by atoms with E-state index in [0.717, 1.165) is 0 Å². The molecule has 0 unspecified atom stereocenters. The van der Waals surface area contributed by atoms with Crippen molar-refractivity contribution in [2.24, 2.45) is 0 Å². The summed E-state index contributed by atoms with van der Waals surface area (Å²) in [5.41, 5.74) is 0.265. The van der Waals surface area contributed by atoms with E-state index in [1.165, 1.54) is 0 Å². The summed E-state index contributed by atoms with van der Waals surface area (Å²) in [5.74, 6) is 0.433. The average Bonchev–Trinajstić information content (AvgIpc) is 2.40. The van der Waals surface area contributed by atoms with Gasteiger partial charge in [0.05, 0.1) is 11.6 Å². The summed E-state index contributed by atoms with van der Waals surface area (Å²) >= 11 is 6.01. The number of halogens is 1. The number of anilines is 1. The van der Waals surface area contributed by atoms with Crippen LogP contribution in [0.4, 0.5) is 5.82 Å². The van der Waals surface area contributed by atoms with Crippen LogP contribution in [-0.4, -0.2) is 49.6 Å². The lowest BCUT2D eigenvalue weighted by molar-refractivity contribution is 0.0701. The summed E-state index contributed by atoms with van der Waals surface area (Å²) in [6.07, 6.45) is 0. The van der Waals surface area contributed by atoms with Crippen molar-refractivity contribution in [1.82, 2.24) is 9.88 Å². The van der Waals surface area contributed by atoms with Gasteiger partial charge in [0.25, 0.3) is 5.91 Å². The van der Waals surface area contributed by atoms with Gasteiger partial charge in [-0.25, -0.2) is 4.98 Å². The van der Waals surface area contributed by atoms with Gasteiger partial charge >= 0.3 is 0 Å². The Morgan fingerprint density at radius 3 is 2.83 bits per heavy atom. The quantitative estimate of drug-likeness (QED) is 0.858. The maximum Gasteiger partial charge on any atom is 0.274 e. The number of rotatable bonds is 6. The minimum absolute atomic E-state index is 0.184. The molecule has 6 heteroatoms. The fourth-order valence-electron chi connectivity index (χ4n) is 1.49. The molecule has 0 spiro atoms. The zero-order chi connectivity index (χ0) is 13.5. The Morgan fingerprint density at radius 1 is 1.56 bits per heavy atom. The van der Waals surface area contributed by atoms with Gasteiger partial charge in [0.2, 0.25) is 0 Å². The SMILES string of the molecule is CCN(CCOC)C(=O)c1nc(NC)ccc1Cl. The highest BCUT2D eigenvalue weighted by Gasteiger charge is 2.18. The third kappa shape index (κ3) is 3.58. The average molecular weight is 272 g/mol. The normalized spacial score (nSPS) is 10.2. The molecular weight excluding hydrogens is 254 g/mol. The lowest BCUT2D eigenvalue weighted by Crippen LogP contribution is -2.34. The highest BCUT2D eigenvalue weighted by Crippen LogP contribution is 2.18.